The molecule has 1 atom stereocenters. The Labute approximate surface area is 96.9 Å². The van der Waals surface area contributed by atoms with Gasteiger partial charge in [0.1, 0.15) is 0 Å². The molecule has 0 saturated heterocycles. The largest absolute Gasteiger partial charge is 0.223 e. The zero-order valence-corrected chi connectivity index (χ0v) is 10.0. The Kier molecular flexibility index (Phi) is 3.15. The van der Waals surface area contributed by atoms with Crippen molar-refractivity contribution in [1.29, 1.82) is 0 Å². The Morgan fingerprint density at radius 2 is 1.81 bits per heavy atom. The number of benzene rings is 1. The van der Waals surface area contributed by atoms with Crippen molar-refractivity contribution in [2.45, 2.75) is 35.8 Å². The average Bonchev–Trinajstić information content (AvgIpc) is 2.30. The van der Waals surface area contributed by atoms with Gasteiger partial charge in [-0.2, -0.15) is 0 Å². The van der Waals surface area contributed by atoms with E-state index in [1.807, 2.05) is 6.07 Å². The third kappa shape index (κ3) is 2.05. The molecule has 1 aliphatic carbocycles. The molecule has 1 aromatic rings. The summed E-state index contributed by atoms with van der Waals surface area (Å²) in [4.78, 5) is 0.419. The van der Waals surface area contributed by atoms with Crippen LogP contribution in [0.4, 0.5) is 0 Å². The summed E-state index contributed by atoms with van der Waals surface area (Å²) in [6.07, 6.45) is 3.61. The molecule has 2 rings (SSSR count). The van der Waals surface area contributed by atoms with Gasteiger partial charge < -0.3 is 0 Å². The molecule has 0 heterocycles. The number of hydrogen-bond donors (Lipinski definition) is 0. The van der Waals surface area contributed by atoms with Crippen LogP contribution in [0.1, 0.15) is 25.7 Å². The minimum absolute atomic E-state index is 0.372. The Balaban J connectivity index is 2.35. The van der Waals surface area contributed by atoms with Gasteiger partial charge in [-0.15, -0.1) is 0 Å². The van der Waals surface area contributed by atoms with Gasteiger partial charge in [0.15, 0.2) is 9.84 Å². The lowest BCUT2D eigenvalue weighted by Gasteiger charge is -2.24. The topological polar surface area (TPSA) is 34.1 Å². The molecule has 1 aromatic carbocycles. The molecule has 0 aromatic heterocycles. The first-order chi connectivity index (χ1) is 7.62. The van der Waals surface area contributed by atoms with Crippen molar-refractivity contribution >= 4 is 9.84 Å². The second-order valence-corrected chi connectivity index (χ2v) is 6.38. The number of rotatable bonds is 2. The molecular formula is C13H16O2S. The molecule has 2 nitrogen and oxygen atoms in total. The summed E-state index contributed by atoms with van der Waals surface area (Å²) in [5.41, 5.74) is 0.870. The normalized spacial score (nSPS) is 22.0. The van der Waals surface area contributed by atoms with Gasteiger partial charge in [0.2, 0.25) is 0 Å². The van der Waals surface area contributed by atoms with Crippen LogP contribution in [0, 0.1) is 0 Å². The summed E-state index contributed by atoms with van der Waals surface area (Å²) in [5.74, 6) is 0. The standard InChI is InChI=1S/C13H16O2S/c1-11-7-5-6-10-13(11)16(14,15)12-8-3-2-4-9-12/h2-4,8-9,13H,1,5-7,10H2. The first-order valence-corrected chi connectivity index (χ1v) is 7.13. The lowest BCUT2D eigenvalue weighted by molar-refractivity contribution is 0.548. The Morgan fingerprint density at radius 1 is 1.12 bits per heavy atom. The molecular weight excluding hydrogens is 220 g/mol. The fraction of sp³-hybridized carbons (Fsp3) is 0.385. The third-order valence-electron chi connectivity index (χ3n) is 3.12. The molecule has 0 radical (unpaired) electrons. The molecule has 3 heteroatoms. The maximum atomic E-state index is 12.3. The van der Waals surface area contributed by atoms with Crippen LogP contribution in [0.2, 0.25) is 0 Å². The highest BCUT2D eigenvalue weighted by Crippen LogP contribution is 2.31. The van der Waals surface area contributed by atoms with E-state index in [9.17, 15) is 8.42 Å². The van der Waals surface area contributed by atoms with Crippen molar-refractivity contribution in [3.05, 3.63) is 42.5 Å². The minimum atomic E-state index is -3.21. The van der Waals surface area contributed by atoms with E-state index in [4.69, 9.17) is 0 Å². The monoisotopic (exact) mass is 236 g/mol. The van der Waals surface area contributed by atoms with Gasteiger partial charge >= 0.3 is 0 Å². The molecule has 16 heavy (non-hydrogen) atoms. The van der Waals surface area contributed by atoms with Crippen LogP contribution in [-0.4, -0.2) is 13.7 Å². The summed E-state index contributed by atoms with van der Waals surface area (Å²) in [5, 5.41) is -0.372. The fourth-order valence-electron chi connectivity index (χ4n) is 2.20. The van der Waals surface area contributed by atoms with E-state index in [1.165, 1.54) is 0 Å². The molecule has 0 aliphatic heterocycles. The highest BCUT2D eigenvalue weighted by molar-refractivity contribution is 7.92. The van der Waals surface area contributed by atoms with E-state index in [-0.39, 0.29) is 5.25 Å². The Hall–Kier alpha value is -1.09. The van der Waals surface area contributed by atoms with Crippen LogP contribution in [0.3, 0.4) is 0 Å². The van der Waals surface area contributed by atoms with Crippen LogP contribution in [-0.2, 0) is 9.84 Å². The SMILES string of the molecule is C=C1CCCCC1S(=O)(=O)c1ccccc1. The minimum Gasteiger partial charge on any atom is -0.223 e. The second-order valence-electron chi connectivity index (χ2n) is 4.25. The second kappa shape index (κ2) is 4.42. The van der Waals surface area contributed by atoms with E-state index in [1.54, 1.807) is 24.3 Å². The zero-order chi connectivity index (χ0) is 11.6. The first-order valence-electron chi connectivity index (χ1n) is 5.59. The van der Waals surface area contributed by atoms with Gasteiger partial charge in [0.25, 0.3) is 0 Å². The summed E-state index contributed by atoms with van der Waals surface area (Å²) >= 11 is 0. The van der Waals surface area contributed by atoms with Gasteiger partial charge in [-0.05, 0) is 31.4 Å². The van der Waals surface area contributed by atoms with Gasteiger partial charge in [-0.1, -0.05) is 36.8 Å². The van der Waals surface area contributed by atoms with Crippen molar-refractivity contribution in [2.75, 3.05) is 0 Å². The molecule has 0 N–H and O–H groups in total. The van der Waals surface area contributed by atoms with Crippen LogP contribution in [0.15, 0.2) is 47.4 Å². The van der Waals surface area contributed by atoms with Crippen LogP contribution < -0.4 is 0 Å². The predicted molar refractivity (Wildman–Crippen MR) is 65.0 cm³/mol. The van der Waals surface area contributed by atoms with Gasteiger partial charge in [-0.25, -0.2) is 8.42 Å². The van der Waals surface area contributed by atoms with Crippen LogP contribution >= 0.6 is 0 Å². The zero-order valence-electron chi connectivity index (χ0n) is 9.22. The molecule has 0 spiro atoms. The highest BCUT2D eigenvalue weighted by Gasteiger charge is 2.31. The molecule has 1 saturated carbocycles. The predicted octanol–water partition coefficient (Wildman–Crippen LogP) is 2.96. The smallest absolute Gasteiger partial charge is 0.185 e. The Morgan fingerprint density at radius 3 is 2.44 bits per heavy atom. The summed E-state index contributed by atoms with van der Waals surface area (Å²) in [6, 6.07) is 8.68. The number of hydrogen-bond acceptors (Lipinski definition) is 2. The summed E-state index contributed by atoms with van der Waals surface area (Å²) < 4.78 is 24.7. The Bertz CT molecular complexity index is 474. The molecule has 1 fully saturated rings. The van der Waals surface area contributed by atoms with E-state index in [2.05, 4.69) is 6.58 Å². The molecule has 0 bridgehead atoms. The third-order valence-corrected chi connectivity index (χ3v) is 5.36. The molecule has 86 valence electrons. The fourth-order valence-corrected chi connectivity index (χ4v) is 4.09. The van der Waals surface area contributed by atoms with Crippen molar-refractivity contribution < 1.29 is 8.42 Å². The maximum Gasteiger partial charge on any atom is 0.185 e. The number of sulfone groups is 1. The van der Waals surface area contributed by atoms with Gasteiger partial charge in [-0.3, -0.25) is 0 Å². The quantitative estimate of drug-likeness (QED) is 0.740. The van der Waals surface area contributed by atoms with Crippen molar-refractivity contribution in [1.82, 2.24) is 0 Å². The van der Waals surface area contributed by atoms with Crippen LogP contribution in [0.5, 0.6) is 0 Å². The van der Waals surface area contributed by atoms with E-state index < -0.39 is 9.84 Å². The van der Waals surface area contributed by atoms with E-state index in [0.717, 1.165) is 31.3 Å². The lowest BCUT2D eigenvalue weighted by Crippen LogP contribution is -2.26. The first kappa shape index (κ1) is 11.4. The summed E-state index contributed by atoms with van der Waals surface area (Å²) in [6.45, 7) is 3.91. The van der Waals surface area contributed by atoms with Crippen molar-refractivity contribution in [3.63, 3.8) is 0 Å². The summed E-state index contributed by atoms with van der Waals surface area (Å²) in [7, 11) is -3.21. The van der Waals surface area contributed by atoms with Crippen LogP contribution in [0.25, 0.3) is 0 Å². The molecule has 1 unspecified atom stereocenters. The van der Waals surface area contributed by atoms with Crippen molar-refractivity contribution in [2.24, 2.45) is 0 Å². The van der Waals surface area contributed by atoms with E-state index in [0.29, 0.717) is 4.90 Å². The lowest BCUT2D eigenvalue weighted by atomic mass is 9.96. The van der Waals surface area contributed by atoms with Gasteiger partial charge in [0, 0.05) is 0 Å². The maximum absolute atomic E-state index is 12.3. The molecule has 1 aliphatic rings. The average molecular weight is 236 g/mol. The highest BCUT2D eigenvalue weighted by atomic mass is 32.2. The van der Waals surface area contributed by atoms with Gasteiger partial charge in [0.05, 0.1) is 10.1 Å². The van der Waals surface area contributed by atoms with E-state index >= 15 is 0 Å². The molecule has 0 amide bonds. The van der Waals surface area contributed by atoms with Crippen molar-refractivity contribution in [3.8, 4) is 0 Å².